The van der Waals surface area contributed by atoms with E-state index in [-0.39, 0.29) is 5.56 Å². The van der Waals surface area contributed by atoms with Gasteiger partial charge in [0.1, 0.15) is 5.03 Å². The van der Waals surface area contributed by atoms with Gasteiger partial charge in [-0.3, -0.25) is 10.1 Å². The molecule has 3 N–H and O–H groups in total. The highest BCUT2D eigenvalue weighted by molar-refractivity contribution is 7.99. The van der Waals surface area contributed by atoms with Gasteiger partial charge in [0, 0.05) is 11.1 Å². The zero-order valence-electron chi connectivity index (χ0n) is 13.1. The van der Waals surface area contributed by atoms with Crippen LogP contribution in [0.5, 0.6) is 0 Å². The van der Waals surface area contributed by atoms with Crippen molar-refractivity contribution < 1.29 is 19.1 Å². The molecule has 1 aromatic heterocycles. The molecule has 1 aromatic carbocycles. The highest BCUT2D eigenvalue weighted by Gasteiger charge is 2.22. The smallest absolute Gasteiger partial charge is 0.341 e. The second-order valence-corrected chi connectivity index (χ2v) is 6.23. The number of nitrogens with one attached hydrogen (secondary N) is 1. The minimum Gasteiger partial charge on any atom is -0.449 e. The molecule has 2 aromatic rings. The van der Waals surface area contributed by atoms with Crippen LogP contribution >= 0.6 is 23.4 Å². The SMILES string of the molecule is C[C@@H](OC(=O)c1cccnc1Sc1ccccc1Cl)C(=O)NC(N)=O. The monoisotopic (exact) mass is 379 g/mol. The number of esters is 1. The number of nitrogens with zero attached hydrogens (tertiary/aromatic N) is 1. The number of carbonyl (C=O) groups is 3. The molecular formula is C16H14ClN3O4S. The second-order valence-electron chi connectivity index (χ2n) is 4.79. The quantitative estimate of drug-likeness (QED) is 0.772. The zero-order chi connectivity index (χ0) is 18.4. The summed E-state index contributed by atoms with van der Waals surface area (Å²) in [6, 6.07) is 9.18. The molecule has 25 heavy (non-hydrogen) atoms. The van der Waals surface area contributed by atoms with E-state index in [9.17, 15) is 14.4 Å². The first kappa shape index (κ1) is 18.8. The van der Waals surface area contributed by atoms with Crippen LogP contribution in [0.1, 0.15) is 17.3 Å². The highest BCUT2D eigenvalue weighted by atomic mass is 35.5. The van der Waals surface area contributed by atoms with E-state index < -0.39 is 24.0 Å². The average molecular weight is 380 g/mol. The molecule has 0 saturated heterocycles. The molecule has 1 atom stereocenters. The van der Waals surface area contributed by atoms with Gasteiger partial charge in [-0.15, -0.1) is 0 Å². The van der Waals surface area contributed by atoms with E-state index in [0.29, 0.717) is 10.0 Å². The van der Waals surface area contributed by atoms with Crippen LogP contribution in [0, 0.1) is 0 Å². The van der Waals surface area contributed by atoms with Crippen molar-refractivity contribution >= 4 is 41.3 Å². The molecule has 130 valence electrons. The minimum atomic E-state index is -1.20. The Bertz CT molecular complexity index is 815. The van der Waals surface area contributed by atoms with Crippen molar-refractivity contribution in [3.05, 3.63) is 53.2 Å². The third kappa shape index (κ3) is 5.20. The van der Waals surface area contributed by atoms with Crippen molar-refractivity contribution in [1.82, 2.24) is 10.3 Å². The molecule has 0 bridgehead atoms. The van der Waals surface area contributed by atoms with Gasteiger partial charge in [-0.2, -0.15) is 0 Å². The van der Waals surface area contributed by atoms with E-state index in [1.807, 2.05) is 11.4 Å². The fourth-order valence-corrected chi connectivity index (χ4v) is 2.91. The molecular weight excluding hydrogens is 366 g/mol. The van der Waals surface area contributed by atoms with E-state index in [1.165, 1.54) is 30.9 Å². The molecule has 1 heterocycles. The normalized spacial score (nSPS) is 11.4. The molecule has 0 aliphatic carbocycles. The van der Waals surface area contributed by atoms with Gasteiger partial charge in [0.05, 0.1) is 10.6 Å². The Morgan fingerprint density at radius 1 is 1.24 bits per heavy atom. The lowest BCUT2D eigenvalue weighted by molar-refractivity contribution is -0.127. The van der Waals surface area contributed by atoms with E-state index in [1.54, 1.807) is 24.3 Å². The van der Waals surface area contributed by atoms with Crippen molar-refractivity contribution in [3.63, 3.8) is 0 Å². The summed E-state index contributed by atoms with van der Waals surface area (Å²) in [5.74, 6) is -1.57. The molecule has 3 amide bonds. The number of rotatable bonds is 5. The van der Waals surface area contributed by atoms with Crippen LogP contribution in [0.3, 0.4) is 0 Å². The predicted octanol–water partition coefficient (Wildman–Crippen LogP) is 2.63. The summed E-state index contributed by atoms with van der Waals surface area (Å²) in [6.07, 6.45) is 0.331. The number of pyridine rings is 1. The van der Waals surface area contributed by atoms with E-state index in [2.05, 4.69) is 4.98 Å². The number of halogens is 1. The Morgan fingerprint density at radius 2 is 1.96 bits per heavy atom. The number of hydrogen-bond donors (Lipinski definition) is 2. The minimum absolute atomic E-state index is 0.172. The summed E-state index contributed by atoms with van der Waals surface area (Å²) in [6.45, 7) is 1.33. The molecule has 7 nitrogen and oxygen atoms in total. The lowest BCUT2D eigenvalue weighted by Gasteiger charge is -2.13. The largest absolute Gasteiger partial charge is 0.449 e. The van der Waals surface area contributed by atoms with Crippen LogP contribution in [-0.2, 0) is 9.53 Å². The Labute approximate surface area is 152 Å². The molecule has 2 rings (SSSR count). The maximum atomic E-state index is 12.3. The third-order valence-electron chi connectivity index (χ3n) is 2.93. The Kier molecular flexibility index (Phi) is 6.37. The average Bonchev–Trinajstić information content (AvgIpc) is 2.56. The number of hydrogen-bond acceptors (Lipinski definition) is 6. The van der Waals surface area contributed by atoms with Crippen LogP contribution < -0.4 is 11.1 Å². The van der Waals surface area contributed by atoms with E-state index >= 15 is 0 Å². The number of ether oxygens (including phenoxy) is 1. The van der Waals surface area contributed by atoms with Crippen molar-refractivity contribution in [2.24, 2.45) is 5.73 Å². The van der Waals surface area contributed by atoms with Crippen molar-refractivity contribution in [2.75, 3.05) is 0 Å². The number of nitrogens with two attached hydrogens (primary N) is 1. The summed E-state index contributed by atoms with van der Waals surface area (Å²) in [4.78, 5) is 39.5. The molecule has 0 fully saturated rings. The van der Waals surface area contributed by atoms with Gasteiger partial charge >= 0.3 is 12.0 Å². The Morgan fingerprint density at radius 3 is 2.64 bits per heavy atom. The Balaban J connectivity index is 2.17. The zero-order valence-corrected chi connectivity index (χ0v) is 14.6. The molecule has 0 unspecified atom stereocenters. The summed E-state index contributed by atoms with van der Waals surface area (Å²) in [5, 5.41) is 2.74. The summed E-state index contributed by atoms with van der Waals surface area (Å²) in [7, 11) is 0. The summed E-state index contributed by atoms with van der Waals surface area (Å²) < 4.78 is 5.06. The second kappa shape index (κ2) is 8.50. The first-order valence-corrected chi connectivity index (χ1v) is 8.26. The van der Waals surface area contributed by atoms with Crippen molar-refractivity contribution in [2.45, 2.75) is 22.9 Å². The highest BCUT2D eigenvalue weighted by Crippen LogP contribution is 2.33. The number of urea groups is 1. The molecule has 0 radical (unpaired) electrons. The molecule has 9 heteroatoms. The number of aromatic nitrogens is 1. The molecule has 0 aliphatic heterocycles. The predicted molar refractivity (Wildman–Crippen MR) is 92.4 cm³/mol. The van der Waals surface area contributed by atoms with Gasteiger partial charge in [-0.25, -0.2) is 14.6 Å². The van der Waals surface area contributed by atoms with Crippen molar-refractivity contribution in [1.29, 1.82) is 0 Å². The third-order valence-corrected chi connectivity index (χ3v) is 4.47. The van der Waals surface area contributed by atoms with Crippen LogP contribution in [0.4, 0.5) is 4.79 Å². The fraction of sp³-hybridized carbons (Fsp3) is 0.125. The van der Waals surface area contributed by atoms with Crippen LogP contribution in [0.25, 0.3) is 0 Å². The lowest BCUT2D eigenvalue weighted by Crippen LogP contribution is -2.42. The standard InChI is InChI=1S/C16H14ClN3O4S/c1-9(13(21)20-16(18)23)24-15(22)10-5-4-8-19-14(10)25-12-7-3-2-6-11(12)17/h2-9H,1H3,(H3,18,20,21,23)/t9-/m1/s1. The first-order chi connectivity index (χ1) is 11.9. The topological polar surface area (TPSA) is 111 Å². The van der Waals surface area contributed by atoms with Gasteiger partial charge < -0.3 is 10.5 Å². The fourth-order valence-electron chi connectivity index (χ4n) is 1.76. The van der Waals surface area contributed by atoms with Gasteiger partial charge in [-0.1, -0.05) is 35.5 Å². The molecule has 0 aliphatic rings. The Hall–Kier alpha value is -2.58. The van der Waals surface area contributed by atoms with E-state index in [4.69, 9.17) is 22.1 Å². The lowest BCUT2D eigenvalue weighted by atomic mass is 10.3. The maximum absolute atomic E-state index is 12.3. The summed E-state index contributed by atoms with van der Waals surface area (Å²) >= 11 is 7.32. The van der Waals surface area contributed by atoms with Gasteiger partial charge in [0.2, 0.25) is 0 Å². The van der Waals surface area contributed by atoms with Gasteiger partial charge in [0.25, 0.3) is 5.91 Å². The number of imide groups is 1. The van der Waals surface area contributed by atoms with Crippen LogP contribution in [0.2, 0.25) is 5.02 Å². The van der Waals surface area contributed by atoms with Gasteiger partial charge in [0.15, 0.2) is 6.10 Å². The van der Waals surface area contributed by atoms with E-state index in [0.717, 1.165) is 4.90 Å². The number of benzene rings is 1. The van der Waals surface area contributed by atoms with Crippen LogP contribution in [-0.4, -0.2) is 29.0 Å². The van der Waals surface area contributed by atoms with Gasteiger partial charge in [-0.05, 0) is 31.2 Å². The maximum Gasteiger partial charge on any atom is 0.341 e. The first-order valence-electron chi connectivity index (χ1n) is 7.07. The van der Waals surface area contributed by atoms with Crippen LogP contribution in [0.15, 0.2) is 52.5 Å². The molecule has 0 spiro atoms. The van der Waals surface area contributed by atoms with Crippen molar-refractivity contribution in [3.8, 4) is 0 Å². The number of primary amides is 1. The number of amides is 3. The summed E-state index contributed by atoms with van der Waals surface area (Å²) in [5.41, 5.74) is 5.03. The molecule has 0 saturated carbocycles. The number of carbonyl (C=O) groups excluding carboxylic acids is 3.